The normalized spacial score (nSPS) is 17.4. The van der Waals surface area contributed by atoms with Gasteiger partial charge in [-0.25, -0.2) is 15.0 Å². The lowest BCUT2D eigenvalue weighted by atomic mass is 10.2. The van der Waals surface area contributed by atoms with E-state index in [1.165, 1.54) is 6.92 Å². The number of carbonyl (C=O) groups excluding carboxylic acids is 1. The summed E-state index contributed by atoms with van der Waals surface area (Å²) in [6.45, 7) is 3.78. The lowest BCUT2D eigenvalue weighted by Gasteiger charge is -2.36. The van der Waals surface area contributed by atoms with Gasteiger partial charge in [0, 0.05) is 38.2 Å². The number of rotatable bonds is 4. The van der Waals surface area contributed by atoms with Gasteiger partial charge in [0.2, 0.25) is 5.91 Å². The van der Waals surface area contributed by atoms with Crippen LogP contribution < -0.4 is 15.1 Å². The first-order valence-corrected chi connectivity index (χ1v) is 9.49. The minimum absolute atomic E-state index is 0.0113. The Morgan fingerprint density at radius 1 is 1.10 bits per heavy atom. The van der Waals surface area contributed by atoms with E-state index in [-0.39, 0.29) is 17.6 Å². The van der Waals surface area contributed by atoms with Crippen molar-refractivity contribution in [2.45, 2.75) is 25.9 Å². The lowest BCUT2D eigenvalue weighted by Crippen LogP contribution is -2.47. The van der Waals surface area contributed by atoms with Gasteiger partial charge in [0.1, 0.15) is 23.2 Å². The number of nitrogens with one attached hydrogen (secondary N) is 1. The van der Waals surface area contributed by atoms with E-state index in [4.69, 9.17) is 0 Å². The number of pyridine rings is 1. The van der Waals surface area contributed by atoms with Crippen LogP contribution in [0.2, 0.25) is 0 Å². The Kier molecular flexibility index (Phi) is 5.01. The molecule has 0 unspecified atom stereocenters. The minimum atomic E-state index is -4.49. The number of piperazine rings is 1. The Hall–Kier alpha value is -2.91. The summed E-state index contributed by atoms with van der Waals surface area (Å²) in [4.78, 5) is 27.7. The molecule has 1 N–H and O–H groups in total. The van der Waals surface area contributed by atoms with Crippen LogP contribution in [-0.4, -0.2) is 47.0 Å². The third kappa shape index (κ3) is 4.57. The van der Waals surface area contributed by atoms with Crippen LogP contribution in [0.25, 0.3) is 0 Å². The van der Waals surface area contributed by atoms with Crippen LogP contribution in [0.4, 0.5) is 30.5 Å². The molecule has 1 aliphatic carbocycles. The highest BCUT2D eigenvalue weighted by Gasteiger charge is 2.34. The van der Waals surface area contributed by atoms with Crippen LogP contribution in [0.1, 0.15) is 24.4 Å². The maximum Gasteiger partial charge on any atom is 0.433 e. The van der Waals surface area contributed by atoms with Crippen molar-refractivity contribution in [3.8, 4) is 0 Å². The summed E-state index contributed by atoms with van der Waals surface area (Å²) in [6, 6.07) is 4.66. The van der Waals surface area contributed by atoms with E-state index in [1.807, 2.05) is 11.0 Å². The molecule has 10 heteroatoms. The van der Waals surface area contributed by atoms with Gasteiger partial charge in [0.15, 0.2) is 0 Å². The number of aromatic nitrogens is 3. The van der Waals surface area contributed by atoms with Crippen molar-refractivity contribution in [3.05, 3.63) is 35.9 Å². The zero-order valence-corrected chi connectivity index (χ0v) is 15.9. The zero-order chi connectivity index (χ0) is 20.6. The number of carbonyl (C=O) groups is 1. The molecule has 2 aromatic rings. The second-order valence-electron chi connectivity index (χ2n) is 7.30. The van der Waals surface area contributed by atoms with Gasteiger partial charge in [-0.15, -0.1) is 0 Å². The summed E-state index contributed by atoms with van der Waals surface area (Å²) in [5.74, 6) is 1.05. The third-order valence-electron chi connectivity index (χ3n) is 5.03. The molecule has 7 nitrogen and oxygen atoms in total. The predicted octanol–water partition coefficient (Wildman–Crippen LogP) is 2.87. The Labute approximate surface area is 166 Å². The van der Waals surface area contributed by atoms with E-state index in [9.17, 15) is 18.0 Å². The standard InChI is InChI=1S/C19H21F3N6O/c1-12-24-15(19(20,21)22)10-17(25-12)28-8-6-27(7-9-28)14-4-5-16(23-11-14)26-18(29)13-2-3-13/h4-5,10-11,13H,2-3,6-9H2,1H3,(H,23,26,29). The highest BCUT2D eigenvalue weighted by molar-refractivity contribution is 5.93. The first-order valence-electron chi connectivity index (χ1n) is 9.49. The number of alkyl halides is 3. The molecular weight excluding hydrogens is 385 g/mol. The lowest BCUT2D eigenvalue weighted by molar-refractivity contribution is -0.141. The summed E-state index contributed by atoms with van der Waals surface area (Å²) in [5.41, 5.74) is -0.0145. The first-order chi connectivity index (χ1) is 13.8. The van der Waals surface area contributed by atoms with Crippen molar-refractivity contribution in [1.29, 1.82) is 0 Å². The Morgan fingerprint density at radius 2 is 1.79 bits per heavy atom. The van der Waals surface area contributed by atoms with E-state index in [0.717, 1.165) is 24.6 Å². The number of amides is 1. The summed E-state index contributed by atoms with van der Waals surface area (Å²) in [5, 5.41) is 2.80. The van der Waals surface area contributed by atoms with Gasteiger partial charge in [-0.05, 0) is 31.9 Å². The van der Waals surface area contributed by atoms with Gasteiger partial charge in [-0.1, -0.05) is 0 Å². The monoisotopic (exact) mass is 406 g/mol. The van der Waals surface area contributed by atoms with Crippen molar-refractivity contribution < 1.29 is 18.0 Å². The van der Waals surface area contributed by atoms with Crippen LogP contribution in [0.3, 0.4) is 0 Å². The van der Waals surface area contributed by atoms with Gasteiger partial charge >= 0.3 is 6.18 Å². The fourth-order valence-electron chi connectivity index (χ4n) is 3.27. The van der Waals surface area contributed by atoms with Crippen LogP contribution in [0, 0.1) is 12.8 Å². The molecule has 1 amide bonds. The SMILES string of the molecule is Cc1nc(N2CCN(c3ccc(NC(=O)C4CC4)nc3)CC2)cc(C(F)(F)F)n1. The molecule has 3 heterocycles. The third-order valence-corrected chi connectivity index (χ3v) is 5.03. The highest BCUT2D eigenvalue weighted by Crippen LogP contribution is 2.31. The van der Waals surface area contributed by atoms with Crippen molar-refractivity contribution in [2.24, 2.45) is 5.92 Å². The van der Waals surface area contributed by atoms with E-state index >= 15 is 0 Å². The van der Waals surface area contributed by atoms with Crippen molar-refractivity contribution in [1.82, 2.24) is 15.0 Å². The van der Waals surface area contributed by atoms with E-state index < -0.39 is 11.9 Å². The van der Waals surface area contributed by atoms with Gasteiger partial charge in [0.25, 0.3) is 0 Å². The average Bonchev–Trinajstić information content (AvgIpc) is 3.53. The van der Waals surface area contributed by atoms with Gasteiger partial charge in [-0.3, -0.25) is 4.79 Å². The maximum absolute atomic E-state index is 13.0. The molecule has 1 aliphatic heterocycles. The predicted molar refractivity (Wildman–Crippen MR) is 102 cm³/mol. The molecule has 29 heavy (non-hydrogen) atoms. The molecule has 1 saturated heterocycles. The number of aryl methyl sites for hydroxylation is 1. The highest BCUT2D eigenvalue weighted by atomic mass is 19.4. The van der Waals surface area contributed by atoms with Crippen molar-refractivity contribution in [3.63, 3.8) is 0 Å². The molecule has 2 fully saturated rings. The zero-order valence-electron chi connectivity index (χ0n) is 15.9. The fourth-order valence-corrected chi connectivity index (χ4v) is 3.27. The van der Waals surface area contributed by atoms with Crippen LogP contribution in [-0.2, 0) is 11.0 Å². The molecule has 2 aliphatic rings. The summed E-state index contributed by atoms with van der Waals surface area (Å²) in [6.07, 6.45) is -0.920. The topological polar surface area (TPSA) is 74.2 Å². The average molecular weight is 406 g/mol. The molecule has 1 saturated carbocycles. The van der Waals surface area contributed by atoms with Crippen molar-refractivity contribution >= 4 is 23.2 Å². The molecular formula is C19H21F3N6O. The Balaban J connectivity index is 1.38. The number of hydrogen-bond donors (Lipinski definition) is 1. The molecule has 4 rings (SSSR count). The second kappa shape index (κ2) is 7.49. The Morgan fingerprint density at radius 3 is 2.38 bits per heavy atom. The molecule has 0 bridgehead atoms. The van der Waals surface area contributed by atoms with Gasteiger partial charge < -0.3 is 15.1 Å². The summed E-state index contributed by atoms with van der Waals surface area (Å²) < 4.78 is 39.0. The van der Waals surface area contributed by atoms with Crippen LogP contribution in [0.5, 0.6) is 0 Å². The Bertz CT molecular complexity index is 890. The van der Waals surface area contributed by atoms with E-state index in [1.54, 1.807) is 12.3 Å². The molecule has 0 aromatic carbocycles. The largest absolute Gasteiger partial charge is 0.433 e. The summed E-state index contributed by atoms with van der Waals surface area (Å²) >= 11 is 0. The van der Waals surface area contributed by atoms with Crippen LogP contribution >= 0.6 is 0 Å². The molecule has 0 spiro atoms. The number of hydrogen-bond acceptors (Lipinski definition) is 6. The smallest absolute Gasteiger partial charge is 0.367 e. The molecule has 154 valence electrons. The minimum Gasteiger partial charge on any atom is -0.367 e. The molecule has 0 atom stereocenters. The van der Waals surface area contributed by atoms with Gasteiger partial charge in [0.05, 0.1) is 11.9 Å². The van der Waals surface area contributed by atoms with E-state index in [0.29, 0.717) is 37.8 Å². The first kappa shape index (κ1) is 19.4. The number of anilines is 3. The molecule has 0 radical (unpaired) electrons. The quantitative estimate of drug-likeness (QED) is 0.842. The molecule has 2 aromatic heterocycles. The second-order valence-corrected chi connectivity index (χ2v) is 7.30. The maximum atomic E-state index is 13.0. The number of nitrogens with zero attached hydrogens (tertiary/aromatic N) is 5. The van der Waals surface area contributed by atoms with Gasteiger partial charge in [-0.2, -0.15) is 13.2 Å². The summed E-state index contributed by atoms with van der Waals surface area (Å²) in [7, 11) is 0. The van der Waals surface area contributed by atoms with E-state index in [2.05, 4.69) is 25.2 Å². The van der Waals surface area contributed by atoms with Crippen LogP contribution in [0.15, 0.2) is 24.4 Å². The fraction of sp³-hybridized carbons (Fsp3) is 0.474. The van der Waals surface area contributed by atoms with Crippen molar-refractivity contribution in [2.75, 3.05) is 41.3 Å². The number of halogens is 3.